The van der Waals surface area contributed by atoms with Gasteiger partial charge in [-0.1, -0.05) is 13.8 Å². The van der Waals surface area contributed by atoms with Crippen molar-refractivity contribution in [2.45, 2.75) is 52.2 Å². The third-order valence-electron chi connectivity index (χ3n) is 6.11. The van der Waals surface area contributed by atoms with Gasteiger partial charge in [-0.05, 0) is 37.0 Å². The molecule has 0 bridgehead atoms. The second kappa shape index (κ2) is 11.2. The van der Waals surface area contributed by atoms with E-state index in [0.717, 1.165) is 68.6 Å². The zero-order valence-corrected chi connectivity index (χ0v) is 20.4. The summed E-state index contributed by atoms with van der Waals surface area (Å²) in [7, 11) is 7.23. The van der Waals surface area contributed by atoms with E-state index in [1.54, 1.807) is 14.2 Å². The number of nitrogens with zero attached hydrogens (tertiary/aromatic N) is 4. The number of methoxy groups -OCH3 is 2. The summed E-state index contributed by atoms with van der Waals surface area (Å²) in [6, 6.07) is 6.42. The van der Waals surface area contributed by atoms with E-state index in [2.05, 4.69) is 51.6 Å². The Balaban J connectivity index is 1.56. The highest BCUT2D eigenvalue weighted by Gasteiger charge is 2.24. The number of hydrogen-bond acceptors (Lipinski definition) is 5. The molecule has 1 atom stereocenters. The lowest BCUT2D eigenvalue weighted by molar-refractivity contribution is 0.321. The predicted octanol–water partition coefficient (Wildman–Crippen LogP) is 2.50. The first kappa shape index (κ1) is 23.9. The molecule has 0 aliphatic carbocycles. The SMILES string of the molecule is CCc1nn(C)c(CC)c1CNC(=NC)NC1CCN(Cc2cc(OC)cc(OC)c2)C1. The van der Waals surface area contributed by atoms with Crippen molar-refractivity contribution in [2.24, 2.45) is 12.0 Å². The van der Waals surface area contributed by atoms with Gasteiger partial charge in [0.15, 0.2) is 5.96 Å². The van der Waals surface area contributed by atoms with Crippen LogP contribution in [-0.4, -0.2) is 61.0 Å². The molecular formula is C24H38N6O2. The average molecular weight is 443 g/mol. The summed E-state index contributed by atoms with van der Waals surface area (Å²) < 4.78 is 12.8. The number of rotatable bonds is 9. The highest BCUT2D eigenvalue weighted by Crippen LogP contribution is 2.24. The first-order valence-electron chi connectivity index (χ1n) is 11.5. The third-order valence-corrected chi connectivity index (χ3v) is 6.11. The molecule has 2 N–H and O–H groups in total. The lowest BCUT2D eigenvalue weighted by atomic mass is 10.1. The van der Waals surface area contributed by atoms with Gasteiger partial charge in [0.25, 0.3) is 0 Å². The van der Waals surface area contributed by atoms with E-state index in [0.29, 0.717) is 6.04 Å². The summed E-state index contributed by atoms with van der Waals surface area (Å²) in [5.41, 5.74) is 4.93. The van der Waals surface area contributed by atoms with Crippen molar-refractivity contribution in [3.8, 4) is 11.5 Å². The van der Waals surface area contributed by atoms with Crippen LogP contribution in [0, 0.1) is 0 Å². The van der Waals surface area contributed by atoms with E-state index >= 15 is 0 Å². The maximum atomic E-state index is 5.41. The number of aromatic nitrogens is 2. The second-order valence-electron chi connectivity index (χ2n) is 8.21. The molecule has 8 nitrogen and oxygen atoms in total. The van der Waals surface area contributed by atoms with Gasteiger partial charge >= 0.3 is 0 Å². The van der Waals surface area contributed by atoms with Gasteiger partial charge in [0.05, 0.1) is 19.9 Å². The highest BCUT2D eigenvalue weighted by atomic mass is 16.5. The molecule has 0 amide bonds. The van der Waals surface area contributed by atoms with Crippen LogP contribution in [0.15, 0.2) is 23.2 Å². The van der Waals surface area contributed by atoms with Crippen LogP contribution in [0.4, 0.5) is 0 Å². The fourth-order valence-corrected chi connectivity index (χ4v) is 4.46. The van der Waals surface area contributed by atoms with Crippen molar-refractivity contribution in [3.05, 3.63) is 40.7 Å². The van der Waals surface area contributed by atoms with Crippen molar-refractivity contribution >= 4 is 5.96 Å². The molecule has 1 aromatic heterocycles. The Kier molecular flexibility index (Phi) is 8.39. The van der Waals surface area contributed by atoms with Crippen LogP contribution in [0.3, 0.4) is 0 Å². The molecule has 8 heteroatoms. The summed E-state index contributed by atoms with van der Waals surface area (Å²) in [5.74, 6) is 2.49. The number of aryl methyl sites for hydroxylation is 2. The summed E-state index contributed by atoms with van der Waals surface area (Å²) in [6.07, 6.45) is 2.98. The average Bonchev–Trinajstić information content (AvgIpc) is 3.38. The summed E-state index contributed by atoms with van der Waals surface area (Å²) >= 11 is 0. The zero-order chi connectivity index (χ0) is 23.1. The third kappa shape index (κ3) is 5.73. The maximum Gasteiger partial charge on any atom is 0.191 e. The van der Waals surface area contributed by atoms with E-state index in [1.165, 1.54) is 16.8 Å². The first-order valence-corrected chi connectivity index (χ1v) is 11.5. The fraction of sp³-hybridized carbons (Fsp3) is 0.583. The van der Waals surface area contributed by atoms with Crippen LogP contribution >= 0.6 is 0 Å². The van der Waals surface area contributed by atoms with E-state index in [4.69, 9.17) is 9.47 Å². The van der Waals surface area contributed by atoms with Gasteiger partial charge in [0, 0.05) is 63.6 Å². The summed E-state index contributed by atoms with van der Waals surface area (Å²) in [5, 5.41) is 11.8. The Labute approximate surface area is 192 Å². The Morgan fingerprint density at radius 1 is 1.16 bits per heavy atom. The minimum absolute atomic E-state index is 0.360. The number of ether oxygens (including phenoxy) is 2. The van der Waals surface area contributed by atoms with Gasteiger partial charge in [0.2, 0.25) is 0 Å². The predicted molar refractivity (Wildman–Crippen MR) is 129 cm³/mol. The number of benzene rings is 1. The van der Waals surface area contributed by atoms with Crippen LogP contribution in [-0.2, 0) is 33.0 Å². The number of guanidine groups is 1. The normalized spacial score (nSPS) is 16.9. The molecule has 32 heavy (non-hydrogen) atoms. The molecule has 2 heterocycles. The molecule has 2 aromatic rings. The van der Waals surface area contributed by atoms with Crippen molar-refractivity contribution < 1.29 is 9.47 Å². The van der Waals surface area contributed by atoms with Crippen LogP contribution in [0.1, 0.15) is 42.8 Å². The van der Waals surface area contributed by atoms with Crippen molar-refractivity contribution in [1.82, 2.24) is 25.3 Å². The van der Waals surface area contributed by atoms with Crippen LogP contribution in [0.2, 0.25) is 0 Å². The van der Waals surface area contributed by atoms with Gasteiger partial charge in [0.1, 0.15) is 11.5 Å². The fourth-order valence-electron chi connectivity index (χ4n) is 4.46. The quantitative estimate of drug-likeness (QED) is 0.459. The molecule has 176 valence electrons. The Hall–Kier alpha value is -2.74. The van der Waals surface area contributed by atoms with E-state index < -0.39 is 0 Å². The maximum absolute atomic E-state index is 5.41. The van der Waals surface area contributed by atoms with E-state index in [-0.39, 0.29) is 0 Å². The number of nitrogens with one attached hydrogen (secondary N) is 2. The van der Waals surface area contributed by atoms with Crippen LogP contribution in [0.25, 0.3) is 0 Å². The lowest BCUT2D eigenvalue weighted by Crippen LogP contribution is -2.44. The Morgan fingerprint density at radius 2 is 1.88 bits per heavy atom. The molecule has 0 spiro atoms. The minimum Gasteiger partial charge on any atom is -0.497 e. The number of likely N-dealkylation sites (tertiary alicyclic amines) is 1. The largest absolute Gasteiger partial charge is 0.497 e. The van der Waals surface area contributed by atoms with E-state index in [1.807, 2.05) is 24.8 Å². The summed E-state index contributed by atoms with van der Waals surface area (Å²) in [4.78, 5) is 6.90. The molecule has 1 fully saturated rings. The van der Waals surface area contributed by atoms with Crippen molar-refractivity contribution in [1.29, 1.82) is 0 Å². The lowest BCUT2D eigenvalue weighted by Gasteiger charge is -2.19. The molecule has 0 saturated carbocycles. The summed E-state index contributed by atoms with van der Waals surface area (Å²) in [6.45, 7) is 7.94. The molecule has 1 aliphatic heterocycles. The van der Waals surface area contributed by atoms with Crippen LogP contribution < -0.4 is 20.1 Å². The van der Waals surface area contributed by atoms with Gasteiger partial charge in [-0.3, -0.25) is 14.6 Å². The van der Waals surface area contributed by atoms with Crippen LogP contribution in [0.5, 0.6) is 11.5 Å². The first-order chi connectivity index (χ1) is 15.5. The molecule has 1 unspecified atom stereocenters. The highest BCUT2D eigenvalue weighted by molar-refractivity contribution is 5.80. The molecule has 1 saturated heterocycles. The van der Waals surface area contributed by atoms with Gasteiger partial charge < -0.3 is 20.1 Å². The van der Waals surface area contributed by atoms with Gasteiger partial charge in [-0.2, -0.15) is 5.10 Å². The number of hydrogen-bond donors (Lipinski definition) is 2. The minimum atomic E-state index is 0.360. The van der Waals surface area contributed by atoms with Crippen molar-refractivity contribution in [2.75, 3.05) is 34.4 Å². The second-order valence-corrected chi connectivity index (χ2v) is 8.21. The topological polar surface area (TPSA) is 75.9 Å². The molecule has 1 aliphatic rings. The zero-order valence-electron chi connectivity index (χ0n) is 20.4. The van der Waals surface area contributed by atoms with Gasteiger partial charge in [-0.15, -0.1) is 0 Å². The van der Waals surface area contributed by atoms with Crippen molar-refractivity contribution in [3.63, 3.8) is 0 Å². The standard InChI is InChI=1S/C24H38N6O2/c1-7-22-21(23(8-2)29(4)28-22)14-26-24(25-3)27-18-9-10-30(16-18)15-17-11-19(31-5)13-20(12-17)32-6/h11-13,18H,7-10,14-16H2,1-6H3,(H2,25,26,27). The smallest absolute Gasteiger partial charge is 0.191 e. The van der Waals surface area contributed by atoms with E-state index in [9.17, 15) is 0 Å². The van der Waals surface area contributed by atoms with Gasteiger partial charge in [-0.25, -0.2) is 0 Å². The number of aliphatic imine (C=N–C) groups is 1. The Bertz CT molecular complexity index is 901. The monoisotopic (exact) mass is 442 g/mol. The molecular weight excluding hydrogens is 404 g/mol. The molecule has 0 radical (unpaired) electrons. The molecule has 1 aromatic carbocycles. The molecule has 3 rings (SSSR count). The Morgan fingerprint density at radius 3 is 2.47 bits per heavy atom.